The number of amides is 2. The molecular formula is C17H28N4O2. The third-order valence-electron chi connectivity index (χ3n) is 4.21. The number of nitrogens with zero attached hydrogens (tertiary/aromatic N) is 3. The topological polar surface area (TPSA) is 57.7 Å². The lowest BCUT2D eigenvalue weighted by atomic mass is 10.1. The van der Waals surface area contributed by atoms with Crippen LogP contribution in [0.2, 0.25) is 0 Å². The van der Waals surface area contributed by atoms with Gasteiger partial charge in [0.1, 0.15) is 5.82 Å². The Labute approximate surface area is 138 Å². The zero-order valence-electron chi connectivity index (χ0n) is 14.4. The fourth-order valence-corrected chi connectivity index (χ4v) is 2.89. The summed E-state index contributed by atoms with van der Waals surface area (Å²) in [7, 11) is 0. The smallest absolute Gasteiger partial charge is 0.323 e. The summed E-state index contributed by atoms with van der Waals surface area (Å²) in [5.74, 6) is 0.613. The van der Waals surface area contributed by atoms with Gasteiger partial charge in [-0.05, 0) is 32.4 Å². The van der Waals surface area contributed by atoms with Crippen LogP contribution in [0.1, 0.15) is 26.0 Å². The maximum atomic E-state index is 12.4. The van der Waals surface area contributed by atoms with E-state index in [1.165, 1.54) is 0 Å². The van der Waals surface area contributed by atoms with Crippen LogP contribution < -0.4 is 5.32 Å². The summed E-state index contributed by atoms with van der Waals surface area (Å²) in [6.07, 6.45) is 1.03. The van der Waals surface area contributed by atoms with E-state index >= 15 is 0 Å². The monoisotopic (exact) mass is 320 g/mol. The van der Waals surface area contributed by atoms with Crippen molar-refractivity contribution in [2.45, 2.75) is 33.2 Å². The predicted molar refractivity (Wildman–Crippen MR) is 91.7 cm³/mol. The molecule has 2 rings (SSSR count). The van der Waals surface area contributed by atoms with Gasteiger partial charge in [-0.15, -0.1) is 0 Å². The number of anilines is 1. The molecule has 1 aromatic heterocycles. The fraction of sp³-hybridized carbons (Fsp3) is 0.647. The minimum atomic E-state index is -0.0639. The lowest BCUT2D eigenvalue weighted by Crippen LogP contribution is -2.56. The van der Waals surface area contributed by atoms with Crippen LogP contribution in [0.15, 0.2) is 18.2 Å². The highest BCUT2D eigenvalue weighted by atomic mass is 16.5. The van der Waals surface area contributed by atoms with E-state index in [1.54, 1.807) is 0 Å². The predicted octanol–water partition coefficient (Wildman–Crippen LogP) is 2.35. The normalized spacial score (nSPS) is 18.9. The number of rotatable bonds is 6. The summed E-state index contributed by atoms with van der Waals surface area (Å²) < 4.78 is 5.45. The summed E-state index contributed by atoms with van der Waals surface area (Å²) in [6, 6.07) is 5.96. The number of carbonyl (C=O) groups is 1. The van der Waals surface area contributed by atoms with Crippen molar-refractivity contribution in [1.82, 2.24) is 14.8 Å². The fourth-order valence-electron chi connectivity index (χ4n) is 2.89. The van der Waals surface area contributed by atoms with E-state index in [4.69, 9.17) is 4.74 Å². The Hall–Kier alpha value is -1.66. The standard InChI is InChI=1S/C17H28N4O2/c1-4-15-13-21(10-9-20(15)11-12-23-5-2)17(22)19-16-8-6-7-14(3)18-16/h6-8,15H,4-5,9-13H2,1-3H3,(H,18,19,22)/t15-/m1/s1. The minimum Gasteiger partial charge on any atom is -0.380 e. The van der Waals surface area contributed by atoms with Gasteiger partial charge < -0.3 is 9.64 Å². The number of nitrogens with one attached hydrogen (secondary N) is 1. The molecule has 1 saturated heterocycles. The average molecular weight is 320 g/mol. The van der Waals surface area contributed by atoms with Crippen molar-refractivity contribution in [2.24, 2.45) is 0 Å². The van der Waals surface area contributed by atoms with Crippen molar-refractivity contribution in [3.8, 4) is 0 Å². The number of hydrogen-bond donors (Lipinski definition) is 1. The van der Waals surface area contributed by atoms with Crippen molar-refractivity contribution < 1.29 is 9.53 Å². The van der Waals surface area contributed by atoms with Gasteiger partial charge in [-0.25, -0.2) is 9.78 Å². The number of hydrogen-bond acceptors (Lipinski definition) is 4. The van der Waals surface area contributed by atoms with Crippen LogP contribution in [0, 0.1) is 6.92 Å². The number of urea groups is 1. The van der Waals surface area contributed by atoms with Crippen LogP contribution in [0.3, 0.4) is 0 Å². The lowest BCUT2D eigenvalue weighted by Gasteiger charge is -2.41. The first-order chi connectivity index (χ1) is 11.1. The molecule has 0 unspecified atom stereocenters. The van der Waals surface area contributed by atoms with Crippen molar-refractivity contribution in [2.75, 3.05) is 44.7 Å². The molecule has 0 bridgehead atoms. The second-order valence-electron chi connectivity index (χ2n) is 5.84. The molecule has 6 nitrogen and oxygen atoms in total. The second-order valence-corrected chi connectivity index (χ2v) is 5.84. The first-order valence-corrected chi connectivity index (χ1v) is 8.45. The van der Waals surface area contributed by atoms with E-state index < -0.39 is 0 Å². The van der Waals surface area contributed by atoms with Crippen molar-refractivity contribution in [3.05, 3.63) is 23.9 Å². The summed E-state index contributed by atoms with van der Waals surface area (Å²) in [4.78, 5) is 21.1. The van der Waals surface area contributed by atoms with Gasteiger partial charge in [0.25, 0.3) is 0 Å². The lowest BCUT2D eigenvalue weighted by molar-refractivity contribution is 0.0545. The molecule has 0 saturated carbocycles. The highest BCUT2D eigenvalue weighted by Crippen LogP contribution is 2.14. The molecule has 0 aromatic carbocycles. The Kier molecular flexibility index (Phi) is 6.80. The Bertz CT molecular complexity index is 509. The molecule has 128 valence electrons. The van der Waals surface area contributed by atoms with Crippen LogP contribution in [-0.2, 0) is 4.74 Å². The van der Waals surface area contributed by atoms with Gasteiger partial charge in [-0.3, -0.25) is 10.2 Å². The third-order valence-corrected chi connectivity index (χ3v) is 4.21. The van der Waals surface area contributed by atoms with Gasteiger partial charge in [-0.1, -0.05) is 13.0 Å². The van der Waals surface area contributed by atoms with Gasteiger partial charge >= 0.3 is 6.03 Å². The Morgan fingerprint density at radius 3 is 2.91 bits per heavy atom. The van der Waals surface area contributed by atoms with E-state index in [0.717, 1.165) is 51.5 Å². The highest BCUT2D eigenvalue weighted by Gasteiger charge is 2.28. The summed E-state index contributed by atoms with van der Waals surface area (Å²) in [6.45, 7) is 10.9. The zero-order valence-corrected chi connectivity index (χ0v) is 14.4. The van der Waals surface area contributed by atoms with Gasteiger partial charge in [0.05, 0.1) is 6.61 Å². The molecule has 0 spiro atoms. The van der Waals surface area contributed by atoms with E-state index in [1.807, 2.05) is 36.9 Å². The first kappa shape index (κ1) is 17.7. The third kappa shape index (κ3) is 5.18. The van der Waals surface area contributed by atoms with Gasteiger partial charge in [0, 0.05) is 44.5 Å². The van der Waals surface area contributed by atoms with E-state index in [0.29, 0.717) is 11.9 Å². The van der Waals surface area contributed by atoms with Crippen LogP contribution in [0.4, 0.5) is 10.6 Å². The number of piperazine rings is 1. The van der Waals surface area contributed by atoms with Crippen LogP contribution in [0.5, 0.6) is 0 Å². The second kappa shape index (κ2) is 8.84. The maximum absolute atomic E-state index is 12.4. The molecule has 1 aliphatic heterocycles. The van der Waals surface area contributed by atoms with Crippen LogP contribution in [0.25, 0.3) is 0 Å². The van der Waals surface area contributed by atoms with E-state index in [-0.39, 0.29) is 6.03 Å². The molecule has 1 fully saturated rings. The zero-order chi connectivity index (χ0) is 16.7. The maximum Gasteiger partial charge on any atom is 0.323 e. The molecule has 23 heavy (non-hydrogen) atoms. The van der Waals surface area contributed by atoms with Crippen molar-refractivity contribution >= 4 is 11.8 Å². The molecule has 6 heteroatoms. The molecule has 2 heterocycles. The average Bonchev–Trinajstić information content (AvgIpc) is 2.55. The first-order valence-electron chi connectivity index (χ1n) is 8.45. The molecule has 1 N–H and O–H groups in total. The van der Waals surface area contributed by atoms with Gasteiger partial charge in [-0.2, -0.15) is 0 Å². The highest BCUT2D eigenvalue weighted by molar-refractivity contribution is 5.88. The summed E-state index contributed by atoms with van der Waals surface area (Å²) in [5, 5.41) is 2.90. The van der Waals surface area contributed by atoms with E-state index in [2.05, 4.69) is 22.1 Å². The summed E-state index contributed by atoms with van der Waals surface area (Å²) in [5.41, 5.74) is 0.898. The van der Waals surface area contributed by atoms with Gasteiger partial charge in [0.15, 0.2) is 0 Å². The molecular weight excluding hydrogens is 292 g/mol. The Morgan fingerprint density at radius 1 is 1.39 bits per heavy atom. The molecule has 0 radical (unpaired) electrons. The quantitative estimate of drug-likeness (QED) is 0.818. The number of aromatic nitrogens is 1. The summed E-state index contributed by atoms with van der Waals surface area (Å²) >= 11 is 0. The molecule has 1 aliphatic rings. The number of pyridine rings is 1. The number of ether oxygens (including phenoxy) is 1. The molecule has 2 amide bonds. The van der Waals surface area contributed by atoms with Crippen LogP contribution >= 0.6 is 0 Å². The number of carbonyl (C=O) groups excluding carboxylic acids is 1. The Balaban J connectivity index is 1.88. The largest absolute Gasteiger partial charge is 0.380 e. The minimum absolute atomic E-state index is 0.0639. The molecule has 1 atom stereocenters. The van der Waals surface area contributed by atoms with Crippen LogP contribution in [-0.4, -0.2) is 66.2 Å². The van der Waals surface area contributed by atoms with Gasteiger partial charge in [0.2, 0.25) is 0 Å². The molecule has 1 aromatic rings. The Morgan fingerprint density at radius 2 is 2.22 bits per heavy atom. The van der Waals surface area contributed by atoms with Crippen molar-refractivity contribution in [1.29, 1.82) is 0 Å². The molecule has 0 aliphatic carbocycles. The van der Waals surface area contributed by atoms with Crippen molar-refractivity contribution in [3.63, 3.8) is 0 Å². The number of aryl methyl sites for hydroxylation is 1. The van der Waals surface area contributed by atoms with E-state index in [9.17, 15) is 4.79 Å². The SMILES string of the molecule is CCOCCN1CCN(C(=O)Nc2cccc(C)n2)C[C@H]1CC.